The first-order valence-corrected chi connectivity index (χ1v) is 8.02. The molecule has 4 nitrogen and oxygen atoms in total. The normalized spacial score (nSPS) is 20.0. The fourth-order valence-corrected chi connectivity index (χ4v) is 3.19. The fraction of sp³-hybridized carbons (Fsp3) is 0.316. The van der Waals surface area contributed by atoms with Gasteiger partial charge < -0.3 is 15.0 Å². The second-order valence-corrected chi connectivity index (χ2v) is 5.75. The molecule has 2 aromatic carbocycles. The number of hydrogen-bond donors (Lipinski definition) is 1. The van der Waals surface area contributed by atoms with Gasteiger partial charge in [-0.1, -0.05) is 24.3 Å². The number of nitrogens with zero attached hydrogens (tertiary/aromatic N) is 1. The Labute approximate surface area is 137 Å². The van der Waals surface area contributed by atoms with E-state index in [0.717, 1.165) is 22.6 Å². The highest BCUT2D eigenvalue weighted by Crippen LogP contribution is 2.37. The Morgan fingerprint density at radius 1 is 1.09 bits per heavy atom. The third-order valence-electron chi connectivity index (χ3n) is 4.36. The van der Waals surface area contributed by atoms with Gasteiger partial charge in [-0.25, -0.2) is 0 Å². The van der Waals surface area contributed by atoms with Crippen molar-refractivity contribution in [2.45, 2.75) is 26.4 Å². The molecule has 23 heavy (non-hydrogen) atoms. The summed E-state index contributed by atoms with van der Waals surface area (Å²) in [4.78, 5) is 14.7. The third kappa shape index (κ3) is 2.54. The van der Waals surface area contributed by atoms with Crippen LogP contribution in [-0.4, -0.2) is 24.0 Å². The average Bonchev–Trinajstić information content (AvgIpc) is 2.56. The maximum absolute atomic E-state index is 12.9. The zero-order valence-electron chi connectivity index (χ0n) is 13.8. The summed E-state index contributed by atoms with van der Waals surface area (Å²) in [6, 6.07) is 15.6. The molecule has 1 heterocycles. The van der Waals surface area contributed by atoms with E-state index in [4.69, 9.17) is 4.74 Å². The first-order valence-electron chi connectivity index (χ1n) is 8.02. The standard InChI is InChI=1S/C19H22N2O2/c1-4-21-18(22)16-8-6-7-9-17(16)20-19(21,3)14-10-12-15(13-11-14)23-5-2/h6-13,20H,4-5H2,1-3H3. The summed E-state index contributed by atoms with van der Waals surface area (Å²) in [6.45, 7) is 7.28. The van der Waals surface area contributed by atoms with Crippen molar-refractivity contribution in [1.29, 1.82) is 0 Å². The Morgan fingerprint density at radius 2 is 1.78 bits per heavy atom. The van der Waals surface area contributed by atoms with E-state index >= 15 is 0 Å². The van der Waals surface area contributed by atoms with Gasteiger partial charge in [-0.2, -0.15) is 0 Å². The van der Waals surface area contributed by atoms with Crippen LogP contribution in [0.5, 0.6) is 5.75 Å². The molecular weight excluding hydrogens is 288 g/mol. The zero-order chi connectivity index (χ0) is 16.4. The van der Waals surface area contributed by atoms with Crippen molar-refractivity contribution in [2.24, 2.45) is 0 Å². The highest BCUT2D eigenvalue weighted by atomic mass is 16.5. The lowest BCUT2D eigenvalue weighted by atomic mass is 9.93. The van der Waals surface area contributed by atoms with E-state index in [2.05, 4.69) is 5.32 Å². The van der Waals surface area contributed by atoms with Gasteiger partial charge in [0.2, 0.25) is 0 Å². The van der Waals surface area contributed by atoms with Crippen LogP contribution in [0.2, 0.25) is 0 Å². The summed E-state index contributed by atoms with van der Waals surface area (Å²) >= 11 is 0. The van der Waals surface area contributed by atoms with Gasteiger partial charge in [0.1, 0.15) is 11.4 Å². The number of nitrogens with one attached hydrogen (secondary N) is 1. The summed E-state index contributed by atoms with van der Waals surface area (Å²) in [6.07, 6.45) is 0. The maximum atomic E-state index is 12.9. The first-order chi connectivity index (χ1) is 11.1. The summed E-state index contributed by atoms with van der Waals surface area (Å²) in [5, 5.41) is 3.54. The zero-order valence-corrected chi connectivity index (χ0v) is 13.8. The molecule has 1 aliphatic heterocycles. The maximum Gasteiger partial charge on any atom is 0.258 e. The summed E-state index contributed by atoms with van der Waals surface area (Å²) < 4.78 is 5.51. The monoisotopic (exact) mass is 310 g/mol. The molecule has 2 aromatic rings. The Morgan fingerprint density at radius 3 is 2.43 bits per heavy atom. The van der Waals surface area contributed by atoms with Gasteiger partial charge >= 0.3 is 0 Å². The predicted octanol–water partition coefficient (Wildman–Crippen LogP) is 3.85. The summed E-state index contributed by atoms with van der Waals surface area (Å²) in [7, 11) is 0. The smallest absolute Gasteiger partial charge is 0.258 e. The molecule has 0 aromatic heterocycles. The van der Waals surface area contributed by atoms with Gasteiger partial charge in [0, 0.05) is 12.2 Å². The van der Waals surface area contributed by atoms with Crippen LogP contribution in [0.1, 0.15) is 36.7 Å². The molecular formula is C19H22N2O2. The van der Waals surface area contributed by atoms with Gasteiger partial charge in [-0.05, 0) is 50.6 Å². The molecule has 0 radical (unpaired) electrons. The molecule has 0 fully saturated rings. The molecule has 0 spiro atoms. The van der Waals surface area contributed by atoms with Crippen LogP contribution in [-0.2, 0) is 5.66 Å². The van der Waals surface area contributed by atoms with E-state index < -0.39 is 5.66 Å². The number of anilines is 1. The molecule has 0 bridgehead atoms. The number of amides is 1. The molecule has 1 aliphatic rings. The van der Waals surface area contributed by atoms with E-state index in [9.17, 15) is 4.79 Å². The van der Waals surface area contributed by atoms with Crippen LogP contribution in [0.3, 0.4) is 0 Å². The van der Waals surface area contributed by atoms with E-state index in [1.165, 1.54) is 0 Å². The summed E-state index contributed by atoms with van der Waals surface area (Å²) in [5.74, 6) is 0.892. The quantitative estimate of drug-likeness (QED) is 0.932. The number of fused-ring (bicyclic) bond motifs is 1. The minimum Gasteiger partial charge on any atom is -0.494 e. The van der Waals surface area contributed by atoms with Crippen molar-refractivity contribution in [3.05, 3.63) is 59.7 Å². The number of benzene rings is 2. The molecule has 0 aliphatic carbocycles. The van der Waals surface area contributed by atoms with Crippen molar-refractivity contribution in [2.75, 3.05) is 18.5 Å². The minimum absolute atomic E-state index is 0.0539. The lowest BCUT2D eigenvalue weighted by Crippen LogP contribution is -2.55. The van der Waals surface area contributed by atoms with Gasteiger partial charge in [0.15, 0.2) is 0 Å². The Kier molecular flexibility index (Phi) is 3.99. The number of rotatable bonds is 4. The SMILES string of the molecule is CCOc1ccc(C2(C)Nc3ccccc3C(=O)N2CC)cc1. The lowest BCUT2D eigenvalue weighted by molar-refractivity contribution is 0.0553. The van der Waals surface area contributed by atoms with Crippen LogP contribution in [0.15, 0.2) is 48.5 Å². The molecule has 3 rings (SSSR count). The van der Waals surface area contributed by atoms with E-state index in [-0.39, 0.29) is 5.91 Å². The van der Waals surface area contributed by atoms with Crippen LogP contribution in [0, 0.1) is 0 Å². The van der Waals surface area contributed by atoms with E-state index in [1.807, 2.05) is 74.2 Å². The van der Waals surface area contributed by atoms with Crippen LogP contribution >= 0.6 is 0 Å². The molecule has 120 valence electrons. The fourth-order valence-electron chi connectivity index (χ4n) is 3.19. The van der Waals surface area contributed by atoms with Crippen molar-refractivity contribution >= 4 is 11.6 Å². The average molecular weight is 310 g/mol. The van der Waals surface area contributed by atoms with Crippen molar-refractivity contribution in [1.82, 2.24) is 4.90 Å². The molecule has 1 N–H and O–H groups in total. The largest absolute Gasteiger partial charge is 0.494 e. The molecule has 0 saturated carbocycles. The van der Waals surface area contributed by atoms with Crippen molar-refractivity contribution < 1.29 is 9.53 Å². The van der Waals surface area contributed by atoms with Gasteiger partial charge in [0.25, 0.3) is 5.91 Å². The minimum atomic E-state index is -0.578. The number of ether oxygens (including phenoxy) is 1. The van der Waals surface area contributed by atoms with Gasteiger partial charge in [0.05, 0.1) is 12.2 Å². The van der Waals surface area contributed by atoms with E-state index in [1.54, 1.807) is 0 Å². The molecule has 1 amide bonds. The van der Waals surface area contributed by atoms with Gasteiger partial charge in [-0.3, -0.25) is 4.79 Å². The number of carbonyl (C=O) groups excluding carboxylic acids is 1. The van der Waals surface area contributed by atoms with Gasteiger partial charge in [-0.15, -0.1) is 0 Å². The summed E-state index contributed by atoms with van der Waals surface area (Å²) in [5.41, 5.74) is 2.05. The second-order valence-electron chi connectivity index (χ2n) is 5.75. The first kappa shape index (κ1) is 15.4. The van der Waals surface area contributed by atoms with Crippen LogP contribution in [0.4, 0.5) is 5.69 Å². The highest BCUT2D eigenvalue weighted by molar-refractivity contribution is 6.02. The number of para-hydroxylation sites is 1. The molecule has 4 heteroatoms. The van der Waals surface area contributed by atoms with Crippen molar-refractivity contribution in [3.63, 3.8) is 0 Å². The van der Waals surface area contributed by atoms with Crippen LogP contribution in [0.25, 0.3) is 0 Å². The lowest BCUT2D eigenvalue weighted by Gasteiger charge is -2.46. The Balaban J connectivity index is 2.03. The molecule has 1 unspecified atom stereocenters. The number of carbonyl (C=O) groups is 1. The Bertz CT molecular complexity index is 712. The number of hydrogen-bond acceptors (Lipinski definition) is 3. The highest BCUT2D eigenvalue weighted by Gasteiger charge is 2.41. The molecule has 1 atom stereocenters. The van der Waals surface area contributed by atoms with Crippen molar-refractivity contribution in [3.8, 4) is 5.75 Å². The van der Waals surface area contributed by atoms with E-state index in [0.29, 0.717) is 13.2 Å². The Hall–Kier alpha value is -2.49. The third-order valence-corrected chi connectivity index (χ3v) is 4.36. The van der Waals surface area contributed by atoms with Crippen LogP contribution < -0.4 is 10.1 Å². The predicted molar refractivity (Wildman–Crippen MR) is 91.7 cm³/mol. The molecule has 0 saturated heterocycles. The topological polar surface area (TPSA) is 41.6 Å². The second kappa shape index (κ2) is 5.95.